The molecule has 0 heteroatoms. The Kier molecular flexibility index (Phi) is 6.64. The summed E-state index contributed by atoms with van der Waals surface area (Å²) in [5.74, 6) is 0. The number of unbranched alkanes of at least 4 members (excludes halogenated alkanes) is 3. The van der Waals surface area contributed by atoms with E-state index in [0.29, 0.717) is 5.41 Å². The Balaban J connectivity index is 1.46. The Morgan fingerprint density at radius 2 is 1.12 bits per heavy atom. The van der Waals surface area contributed by atoms with Gasteiger partial charge in [0.15, 0.2) is 0 Å². The zero-order valence-electron chi connectivity index (χ0n) is 16.9. The highest BCUT2D eigenvalue weighted by atomic mass is 14.5. The first-order chi connectivity index (χ1) is 12.2. The van der Waals surface area contributed by atoms with Gasteiger partial charge in [-0.25, -0.2) is 0 Å². The second-order valence-electron chi connectivity index (χ2n) is 9.38. The molecule has 0 nitrogen and oxygen atoms in total. The number of aryl methyl sites for hydroxylation is 2. The van der Waals surface area contributed by atoms with Crippen LogP contribution in [0.25, 0.3) is 0 Å². The van der Waals surface area contributed by atoms with Gasteiger partial charge in [-0.2, -0.15) is 0 Å². The Morgan fingerprint density at radius 1 is 0.600 bits per heavy atom. The lowest BCUT2D eigenvalue weighted by atomic mass is 9.51. The van der Waals surface area contributed by atoms with Gasteiger partial charge in [-0.05, 0) is 86.2 Å². The Morgan fingerprint density at radius 3 is 1.64 bits per heavy atom. The van der Waals surface area contributed by atoms with Gasteiger partial charge in [0.2, 0.25) is 0 Å². The minimum Gasteiger partial charge on any atom is -0.0654 e. The van der Waals surface area contributed by atoms with Crippen LogP contribution < -0.4 is 0 Å². The zero-order chi connectivity index (χ0) is 17.6. The summed E-state index contributed by atoms with van der Waals surface area (Å²) in [5.41, 5.74) is 4.54. The summed E-state index contributed by atoms with van der Waals surface area (Å²) in [4.78, 5) is 0. The van der Waals surface area contributed by atoms with E-state index < -0.39 is 0 Å². The molecule has 0 aliphatic heterocycles. The number of fused-ring (bicyclic) bond motifs is 3. The SMILES string of the molecule is CCCCCCC12CCC(CCc3ccc(CCC)cc3)(CC1)CC2. The Labute approximate surface area is 156 Å². The van der Waals surface area contributed by atoms with Crippen LogP contribution in [0.1, 0.15) is 108 Å². The predicted octanol–water partition coefficient (Wildman–Crippen LogP) is 7.88. The molecule has 140 valence electrons. The van der Waals surface area contributed by atoms with Crippen molar-refractivity contribution < 1.29 is 0 Å². The molecule has 4 rings (SSSR count). The molecule has 1 aromatic rings. The molecular formula is C25H40. The summed E-state index contributed by atoms with van der Waals surface area (Å²) in [6, 6.07) is 9.51. The molecule has 0 unspecified atom stereocenters. The molecule has 25 heavy (non-hydrogen) atoms. The highest BCUT2D eigenvalue weighted by molar-refractivity contribution is 5.23. The average Bonchev–Trinajstić information content (AvgIpc) is 2.67. The van der Waals surface area contributed by atoms with E-state index in [0.717, 1.165) is 5.41 Å². The summed E-state index contributed by atoms with van der Waals surface area (Å²) in [5, 5.41) is 0. The number of benzene rings is 1. The number of hydrogen-bond acceptors (Lipinski definition) is 0. The summed E-state index contributed by atoms with van der Waals surface area (Å²) < 4.78 is 0. The summed E-state index contributed by atoms with van der Waals surface area (Å²) >= 11 is 0. The highest BCUT2D eigenvalue weighted by Crippen LogP contribution is 2.60. The van der Waals surface area contributed by atoms with Crippen molar-refractivity contribution >= 4 is 0 Å². The third-order valence-corrected chi connectivity index (χ3v) is 7.62. The molecule has 0 atom stereocenters. The van der Waals surface area contributed by atoms with Crippen molar-refractivity contribution in [3.63, 3.8) is 0 Å². The molecule has 0 heterocycles. The quantitative estimate of drug-likeness (QED) is 0.380. The van der Waals surface area contributed by atoms with E-state index >= 15 is 0 Å². The van der Waals surface area contributed by atoms with Crippen molar-refractivity contribution in [3.05, 3.63) is 35.4 Å². The average molecular weight is 341 g/mol. The van der Waals surface area contributed by atoms with Gasteiger partial charge in [0.25, 0.3) is 0 Å². The number of rotatable bonds is 10. The first-order valence-corrected chi connectivity index (χ1v) is 11.3. The summed E-state index contributed by atoms with van der Waals surface area (Å²) in [6.07, 6.45) is 21.7. The smallest absolute Gasteiger partial charge is 0.0274 e. The molecule has 0 radical (unpaired) electrons. The maximum Gasteiger partial charge on any atom is -0.0274 e. The zero-order valence-corrected chi connectivity index (χ0v) is 16.9. The number of hydrogen-bond donors (Lipinski definition) is 0. The Bertz CT molecular complexity index is 485. The van der Waals surface area contributed by atoms with Crippen LogP contribution in [0.5, 0.6) is 0 Å². The first-order valence-electron chi connectivity index (χ1n) is 11.3. The van der Waals surface area contributed by atoms with Crippen molar-refractivity contribution in [2.75, 3.05) is 0 Å². The standard InChI is InChI=1S/C25H40/c1-3-5-6-7-14-24-16-19-25(20-17-24,21-18-24)15-13-23-11-9-22(8-4-2)10-12-23/h9-12H,3-8,13-21H2,1-2H3. The molecule has 1 aromatic carbocycles. The van der Waals surface area contributed by atoms with Gasteiger partial charge in [-0.3, -0.25) is 0 Å². The van der Waals surface area contributed by atoms with Crippen LogP contribution in [0.2, 0.25) is 0 Å². The van der Waals surface area contributed by atoms with Crippen LogP contribution >= 0.6 is 0 Å². The molecule has 0 aromatic heterocycles. The molecule has 2 bridgehead atoms. The summed E-state index contributed by atoms with van der Waals surface area (Å²) in [6.45, 7) is 4.59. The second kappa shape index (κ2) is 8.74. The van der Waals surface area contributed by atoms with E-state index in [-0.39, 0.29) is 0 Å². The highest BCUT2D eigenvalue weighted by Gasteiger charge is 2.47. The van der Waals surface area contributed by atoms with Gasteiger partial charge in [-0.1, -0.05) is 70.2 Å². The van der Waals surface area contributed by atoms with Crippen LogP contribution in [0.4, 0.5) is 0 Å². The van der Waals surface area contributed by atoms with E-state index in [1.54, 1.807) is 5.56 Å². The van der Waals surface area contributed by atoms with Crippen LogP contribution in [0, 0.1) is 10.8 Å². The second-order valence-corrected chi connectivity index (χ2v) is 9.38. The van der Waals surface area contributed by atoms with Crippen LogP contribution in [-0.2, 0) is 12.8 Å². The molecule has 0 N–H and O–H groups in total. The van der Waals surface area contributed by atoms with E-state index in [1.165, 1.54) is 102 Å². The van der Waals surface area contributed by atoms with Gasteiger partial charge in [0.05, 0.1) is 0 Å². The lowest BCUT2D eigenvalue weighted by Crippen LogP contribution is -2.41. The minimum absolute atomic E-state index is 0.702. The molecule has 0 saturated heterocycles. The van der Waals surface area contributed by atoms with E-state index in [4.69, 9.17) is 0 Å². The first kappa shape index (κ1) is 19.0. The molecule has 3 aliphatic rings. The van der Waals surface area contributed by atoms with E-state index in [9.17, 15) is 0 Å². The summed E-state index contributed by atoms with van der Waals surface area (Å²) in [7, 11) is 0. The van der Waals surface area contributed by atoms with E-state index in [1.807, 2.05) is 0 Å². The van der Waals surface area contributed by atoms with Crippen molar-refractivity contribution in [3.8, 4) is 0 Å². The lowest BCUT2D eigenvalue weighted by Gasteiger charge is -2.54. The molecule has 3 aliphatic carbocycles. The fourth-order valence-electron chi connectivity index (χ4n) is 5.59. The van der Waals surface area contributed by atoms with Crippen molar-refractivity contribution in [1.82, 2.24) is 0 Å². The normalized spacial score (nSPS) is 28.4. The molecule has 0 amide bonds. The molecule has 3 saturated carbocycles. The fourth-order valence-corrected chi connectivity index (χ4v) is 5.59. The molecule has 0 spiro atoms. The van der Waals surface area contributed by atoms with Crippen molar-refractivity contribution in [2.45, 2.75) is 110 Å². The van der Waals surface area contributed by atoms with Crippen molar-refractivity contribution in [1.29, 1.82) is 0 Å². The van der Waals surface area contributed by atoms with Gasteiger partial charge in [0.1, 0.15) is 0 Å². The predicted molar refractivity (Wildman–Crippen MR) is 110 cm³/mol. The topological polar surface area (TPSA) is 0 Å². The fraction of sp³-hybridized carbons (Fsp3) is 0.760. The van der Waals surface area contributed by atoms with Gasteiger partial charge in [-0.15, -0.1) is 0 Å². The molecular weight excluding hydrogens is 300 g/mol. The van der Waals surface area contributed by atoms with Gasteiger partial charge >= 0.3 is 0 Å². The van der Waals surface area contributed by atoms with Crippen molar-refractivity contribution in [2.24, 2.45) is 10.8 Å². The lowest BCUT2D eigenvalue weighted by molar-refractivity contribution is -0.0205. The monoisotopic (exact) mass is 340 g/mol. The molecule has 3 fully saturated rings. The third-order valence-electron chi connectivity index (χ3n) is 7.62. The van der Waals surface area contributed by atoms with Crippen LogP contribution in [0.15, 0.2) is 24.3 Å². The van der Waals surface area contributed by atoms with Gasteiger partial charge < -0.3 is 0 Å². The Hall–Kier alpha value is -0.780. The maximum atomic E-state index is 2.39. The van der Waals surface area contributed by atoms with E-state index in [2.05, 4.69) is 38.1 Å². The van der Waals surface area contributed by atoms with Crippen LogP contribution in [-0.4, -0.2) is 0 Å². The maximum absolute atomic E-state index is 2.39. The van der Waals surface area contributed by atoms with Crippen LogP contribution in [0.3, 0.4) is 0 Å². The third kappa shape index (κ3) is 4.89. The van der Waals surface area contributed by atoms with Gasteiger partial charge in [0, 0.05) is 0 Å². The minimum atomic E-state index is 0.702. The largest absolute Gasteiger partial charge is 0.0654 e.